The zero-order valence-electron chi connectivity index (χ0n) is 18.2. The molecule has 4 N–H and O–H groups in total. The minimum atomic E-state index is 0.811. The second-order valence-electron chi connectivity index (χ2n) is 9.01. The minimum absolute atomic E-state index is 0.811. The number of hydrogen-bond donors (Lipinski definition) is 2. The Labute approximate surface area is 175 Å². The van der Waals surface area contributed by atoms with E-state index in [1.165, 1.54) is 11.4 Å². The molecule has 3 rings (SSSR count). The topological polar surface area (TPSA) is 61.8 Å². The van der Waals surface area contributed by atoms with E-state index in [1.807, 2.05) is 24.3 Å². The molecule has 0 amide bonds. The average molecular weight is 398 g/mol. The van der Waals surface area contributed by atoms with E-state index < -0.39 is 0 Å². The van der Waals surface area contributed by atoms with E-state index in [4.69, 9.17) is 11.5 Å². The molecule has 2 aromatic carbocycles. The highest BCUT2D eigenvalue weighted by atomic mass is 15.3. The van der Waals surface area contributed by atoms with Gasteiger partial charge in [-0.2, -0.15) is 0 Å². The van der Waals surface area contributed by atoms with Gasteiger partial charge < -0.3 is 25.8 Å². The Bertz CT molecular complexity index is 693. The number of nitrogen functional groups attached to an aromatic ring is 2. The third kappa shape index (κ3) is 6.54. The van der Waals surface area contributed by atoms with Crippen LogP contribution in [0.25, 0.3) is 0 Å². The zero-order chi connectivity index (χ0) is 20.9. The van der Waals surface area contributed by atoms with Crippen molar-refractivity contribution < 1.29 is 4.48 Å². The van der Waals surface area contributed by atoms with Crippen molar-refractivity contribution >= 4 is 22.7 Å². The number of hydrogen-bond acceptors (Lipinski definition) is 5. The van der Waals surface area contributed by atoms with E-state index in [9.17, 15) is 0 Å². The van der Waals surface area contributed by atoms with Crippen molar-refractivity contribution in [1.29, 1.82) is 0 Å². The molecule has 1 saturated heterocycles. The number of benzene rings is 2. The number of anilines is 4. The predicted molar refractivity (Wildman–Crippen MR) is 125 cm³/mol. The van der Waals surface area contributed by atoms with Gasteiger partial charge in [-0.3, -0.25) is 4.90 Å². The second kappa shape index (κ2) is 9.37. The molecule has 6 nitrogen and oxygen atoms in total. The molecule has 1 aliphatic rings. The molecule has 1 heterocycles. The van der Waals surface area contributed by atoms with E-state index >= 15 is 0 Å². The lowest BCUT2D eigenvalue weighted by Gasteiger charge is -2.30. The maximum absolute atomic E-state index is 5.90. The quantitative estimate of drug-likeness (QED) is 0.598. The van der Waals surface area contributed by atoms with Crippen LogP contribution in [0.1, 0.15) is 0 Å². The Balaban J connectivity index is 1.77. The second-order valence-corrected chi connectivity index (χ2v) is 9.01. The Morgan fingerprint density at radius 1 is 0.655 bits per heavy atom. The molecule has 1 aliphatic heterocycles. The maximum atomic E-state index is 5.90. The molecule has 158 valence electrons. The van der Waals surface area contributed by atoms with E-state index in [0.717, 1.165) is 68.2 Å². The Hall–Kier alpha value is -2.44. The molecule has 0 spiro atoms. The number of nitrogens with zero attached hydrogens (tertiary/aromatic N) is 4. The van der Waals surface area contributed by atoms with Gasteiger partial charge in [0.25, 0.3) is 0 Å². The molecule has 29 heavy (non-hydrogen) atoms. The van der Waals surface area contributed by atoms with Gasteiger partial charge >= 0.3 is 0 Å². The molecule has 0 atom stereocenters. The lowest BCUT2D eigenvalue weighted by Crippen LogP contribution is -2.45. The Morgan fingerprint density at radius 3 is 1.41 bits per heavy atom. The maximum Gasteiger partial charge on any atom is 0.0909 e. The largest absolute Gasteiger partial charge is 0.399 e. The fraction of sp³-hybridized carbons (Fsp3) is 0.478. The molecule has 1 fully saturated rings. The van der Waals surface area contributed by atoms with Crippen LogP contribution in [0, 0.1) is 0 Å². The van der Waals surface area contributed by atoms with Crippen LogP contribution < -0.4 is 21.3 Å². The van der Waals surface area contributed by atoms with E-state index in [1.54, 1.807) is 0 Å². The average Bonchev–Trinajstić information content (AvgIpc) is 2.78. The van der Waals surface area contributed by atoms with Crippen molar-refractivity contribution in [1.82, 2.24) is 4.90 Å². The van der Waals surface area contributed by atoms with Gasteiger partial charge in [0.1, 0.15) is 0 Å². The molecule has 0 saturated carbocycles. The summed E-state index contributed by atoms with van der Waals surface area (Å²) in [5.41, 5.74) is 15.9. The summed E-state index contributed by atoms with van der Waals surface area (Å²) in [7, 11) is 6.78. The highest BCUT2D eigenvalue weighted by Crippen LogP contribution is 2.20. The smallest absolute Gasteiger partial charge is 0.0909 e. The van der Waals surface area contributed by atoms with Crippen molar-refractivity contribution in [2.75, 3.05) is 94.8 Å². The third-order valence-corrected chi connectivity index (χ3v) is 5.62. The molecular formula is C23H37N6+. The Kier molecular flexibility index (Phi) is 6.87. The fourth-order valence-corrected chi connectivity index (χ4v) is 3.65. The summed E-state index contributed by atoms with van der Waals surface area (Å²) in [6.45, 7) is 8.40. The van der Waals surface area contributed by atoms with Crippen LogP contribution in [0.4, 0.5) is 22.7 Å². The van der Waals surface area contributed by atoms with Crippen molar-refractivity contribution in [2.45, 2.75) is 0 Å². The predicted octanol–water partition coefficient (Wildman–Crippen LogP) is 2.19. The molecule has 2 aromatic rings. The van der Waals surface area contributed by atoms with E-state index in [-0.39, 0.29) is 0 Å². The van der Waals surface area contributed by atoms with Gasteiger partial charge in [-0.05, 0) is 48.5 Å². The van der Waals surface area contributed by atoms with Crippen LogP contribution in [0.3, 0.4) is 0 Å². The van der Waals surface area contributed by atoms with Crippen LogP contribution in [-0.2, 0) is 0 Å². The normalized spacial score (nSPS) is 16.9. The number of likely N-dealkylation sites (N-methyl/N-ethyl adjacent to an activating group) is 1. The molecule has 0 bridgehead atoms. The van der Waals surface area contributed by atoms with Gasteiger partial charge in [0, 0.05) is 68.6 Å². The van der Waals surface area contributed by atoms with E-state index in [0.29, 0.717) is 0 Å². The first-order valence-electron chi connectivity index (χ1n) is 10.5. The van der Waals surface area contributed by atoms with Crippen LogP contribution in [-0.4, -0.2) is 82.9 Å². The first kappa shape index (κ1) is 21.3. The molecule has 0 radical (unpaired) electrons. The number of rotatable bonds is 5. The highest BCUT2D eigenvalue weighted by molar-refractivity contribution is 5.55. The van der Waals surface area contributed by atoms with Gasteiger partial charge in [0.2, 0.25) is 0 Å². The summed E-state index contributed by atoms with van der Waals surface area (Å²) in [5.74, 6) is 0. The number of nitrogens with two attached hydrogens (primary N) is 2. The van der Waals surface area contributed by atoms with Crippen LogP contribution in [0.5, 0.6) is 0 Å². The van der Waals surface area contributed by atoms with Gasteiger partial charge in [-0.1, -0.05) is 0 Å². The summed E-state index contributed by atoms with van der Waals surface area (Å²) < 4.78 is 0.986. The lowest BCUT2D eigenvalue weighted by atomic mass is 10.2. The third-order valence-electron chi connectivity index (χ3n) is 5.62. The van der Waals surface area contributed by atoms with Crippen molar-refractivity contribution in [3.05, 3.63) is 48.5 Å². The summed E-state index contributed by atoms with van der Waals surface area (Å²) >= 11 is 0. The van der Waals surface area contributed by atoms with Gasteiger partial charge in [-0.15, -0.1) is 0 Å². The summed E-state index contributed by atoms with van der Waals surface area (Å²) in [6.07, 6.45) is 0. The molecular weight excluding hydrogens is 360 g/mol. The monoisotopic (exact) mass is 397 g/mol. The van der Waals surface area contributed by atoms with E-state index in [2.05, 4.69) is 60.1 Å². The summed E-state index contributed by atoms with van der Waals surface area (Å²) in [6, 6.07) is 16.5. The van der Waals surface area contributed by atoms with Gasteiger partial charge in [-0.25, -0.2) is 0 Å². The van der Waals surface area contributed by atoms with Crippen LogP contribution >= 0.6 is 0 Å². The van der Waals surface area contributed by atoms with Crippen molar-refractivity contribution in [2.24, 2.45) is 0 Å². The Morgan fingerprint density at radius 2 is 1.03 bits per heavy atom. The fourth-order valence-electron chi connectivity index (χ4n) is 3.65. The van der Waals surface area contributed by atoms with Crippen LogP contribution in [0.2, 0.25) is 0 Å². The van der Waals surface area contributed by atoms with Crippen molar-refractivity contribution in [3.8, 4) is 0 Å². The molecule has 0 aromatic heterocycles. The van der Waals surface area contributed by atoms with Gasteiger partial charge in [0.15, 0.2) is 0 Å². The zero-order valence-corrected chi connectivity index (χ0v) is 18.2. The standard InChI is InChI=1S/C23H37N6/c1-29(2,3)19-18-26-12-14-27(22-8-4-20(24)5-9-22)16-17-28(15-13-26)23-10-6-21(25)7-11-23/h4-11H,12-19,24-25H2,1-3H3/q+1. The summed E-state index contributed by atoms with van der Waals surface area (Å²) in [4.78, 5) is 7.56. The van der Waals surface area contributed by atoms with Gasteiger partial charge in [0.05, 0.1) is 27.7 Å². The molecule has 0 aliphatic carbocycles. The molecule has 6 heteroatoms. The minimum Gasteiger partial charge on any atom is -0.399 e. The molecule has 0 unspecified atom stereocenters. The van der Waals surface area contributed by atoms with Crippen LogP contribution in [0.15, 0.2) is 48.5 Å². The summed E-state index contributed by atoms with van der Waals surface area (Å²) in [5, 5.41) is 0. The van der Waals surface area contributed by atoms with Crippen molar-refractivity contribution in [3.63, 3.8) is 0 Å². The lowest BCUT2D eigenvalue weighted by molar-refractivity contribution is -0.869. The highest BCUT2D eigenvalue weighted by Gasteiger charge is 2.19. The first-order chi connectivity index (χ1) is 13.8. The SMILES string of the molecule is C[N+](C)(C)CCN1CCN(c2ccc(N)cc2)CCN(c2ccc(N)cc2)CC1. The first-order valence-corrected chi connectivity index (χ1v) is 10.5. The number of quaternary nitrogens is 1.